The van der Waals surface area contributed by atoms with Crippen LogP contribution in [0.15, 0.2) is 43.7 Å². The minimum atomic E-state index is 0.225. The van der Waals surface area contributed by atoms with Crippen molar-refractivity contribution >= 4 is 24.6 Å². The fraction of sp³-hybridized carbons (Fsp3) is 0.357. The Balaban J connectivity index is 1.71. The largest absolute Gasteiger partial charge is 0.358 e. The highest BCUT2D eigenvalue weighted by atomic mass is 14.8. The second-order valence-electron chi connectivity index (χ2n) is 9.32. The SMILES string of the molecule is CC1=C(C)/C(=C/c2[nH]c(C(C)c3[nH]c(/C=C4/N=CC(C)=C4C)c(C)c3C)c(C)c2C)N=C1. The Kier molecular flexibility index (Phi) is 5.58. The molecule has 1 unspecified atom stereocenters. The molecule has 0 bridgehead atoms. The lowest BCUT2D eigenvalue weighted by Gasteiger charge is -2.12. The second kappa shape index (κ2) is 8.09. The van der Waals surface area contributed by atoms with Crippen molar-refractivity contribution in [3.05, 3.63) is 78.7 Å². The molecule has 2 aliphatic heterocycles. The molecule has 166 valence electrons. The van der Waals surface area contributed by atoms with Gasteiger partial charge in [-0.3, -0.25) is 9.98 Å². The number of hydrogen-bond donors (Lipinski definition) is 2. The van der Waals surface area contributed by atoms with Crippen LogP contribution in [0.25, 0.3) is 12.2 Å². The van der Waals surface area contributed by atoms with Gasteiger partial charge in [-0.1, -0.05) is 6.92 Å². The van der Waals surface area contributed by atoms with E-state index in [2.05, 4.69) is 94.4 Å². The number of H-pyrrole nitrogens is 2. The van der Waals surface area contributed by atoms with Crippen molar-refractivity contribution in [1.82, 2.24) is 9.97 Å². The second-order valence-corrected chi connectivity index (χ2v) is 9.32. The number of aromatic nitrogens is 2. The number of rotatable bonds is 4. The van der Waals surface area contributed by atoms with Gasteiger partial charge in [0.2, 0.25) is 0 Å². The van der Waals surface area contributed by atoms with E-state index in [9.17, 15) is 0 Å². The number of aromatic amines is 2. The van der Waals surface area contributed by atoms with Gasteiger partial charge in [0.05, 0.1) is 11.4 Å². The highest BCUT2D eigenvalue weighted by Crippen LogP contribution is 2.35. The Morgan fingerprint density at radius 3 is 1.31 bits per heavy atom. The molecule has 4 heterocycles. The molecule has 0 aromatic carbocycles. The molecule has 32 heavy (non-hydrogen) atoms. The van der Waals surface area contributed by atoms with Crippen molar-refractivity contribution in [2.75, 3.05) is 0 Å². The Bertz CT molecular complexity index is 1200. The molecule has 2 aromatic heterocycles. The van der Waals surface area contributed by atoms with Crippen LogP contribution in [-0.4, -0.2) is 22.4 Å². The number of nitrogens with zero attached hydrogens (tertiary/aromatic N) is 2. The van der Waals surface area contributed by atoms with Gasteiger partial charge in [0.1, 0.15) is 0 Å². The van der Waals surface area contributed by atoms with Gasteiger partial charge in [0, 0.05) is 41.1 Å². The average molecular weight is 427 g/mol. The van der Waals surface area contributed by atoms with Crippen LogP contribution in [-0.2, 0) is 0 Å². The zero-order valence-electron chi connectivity index (χ0n) is 20.8. The van der Waals surface area contributed by atoms with Gasteiger partial charge >= 0.3 is 0 Å². The van der Waals surface area contributed by atoms with Crippen molar-refractivity contribution in [3.63, 3.8) is 0 Å². The Labute approximate surface area is 191 Å². The van der Waals surface area contributed by atoms with Gasteiger partial charge in [0.15, 0.2) is 0 Å². The molecule has 0 aliphatic carbocycles. The summed E-state index contributed by atoms with van der Waals surface area (Å²) in [6, 6.07) is 0. The van der Waals surface area contributed by atoms with Crippen LogP contribution in [0.3, 0.4) is 0 Å². The fourth-order valence-corrected chi connectivity index (χ4v) is 4.46. The standard InChI is InChI=1S/C28H34N4/c1-14-12-29-23(16(14)3)10-25-18(5)20(7)27(31-25)22(9)28-21(8)19(6)26(32-28)11-24-17(4)15(2)13-30-24/h10-13,22,31-32H,1-9H3/b23-10-,24-11+. The van der Waals surface area contributed by atoms with Gasteiger partial charge < -0.3 is 9.97 Å². The third kappa shape index (κ3) is 3.58. The predicted octanol–water partition coefficient (Wildman–Crippen LogP) is 7.25. The Morgan fingerprint density at radius 1 is 0.625 bits per heavy atom. The molecular weight excluding hydrogens is 392 g/mol. The molecule has 2 aromatic rings. The lowest BCUT2D eigenvalue weighted by molar-refractivity contribution is 0.832. The molecule has 2 aliphatic rings. The summed E-state index contributed by atoms with van der Waals surface area (Å²) in [7, 11) is 0. The molecule has 4 rings (SSSR count). The number of allylic oxidation sites excluding steroid dienone is 4. The summed E-state index contributed by atoms with van der Waals surface area (Å²) < 4.78 is 0. The predicted molar refractivity (Wildman–Crippen MR) is 138 cm³/mol. The first kappa shape index (κ1) is 22.1. The highest BCUT2D eigenvalue weighted by molar-refractivity contribution is 5.88. The van der Waals surface area contributed by atoms with Gasteiger partial charge in [-0.25, -0.2) is 0 Å². The third-order valence-electron chi connectivity index (χ3n) is 7.45. The Morgan fingerprint density at radius 2 is 1.00 bits per heavy atom. The van der Waals surface area contributed by atoms with E-state index in [-0.39, 0.29) is 5.92 Å². The lowest BCUT2D eigenvalue weighted by atomic mass is 9.96. The molecular formula is C28H34N4. The third-order valence-corrected chi connectivity index (χ3v) is 7.45. The van der Waals surface area contributed by atoms with Crippen LogP contribution < -0.4 is 0 Å². The summed E-state index contributed by atoms with van der Waals surface area (Å²) in [6.45, 7) is 19.6. The van der Waals surface area contributed by atoms with Gasteiger partial charge in [-0.05, 0) is 112 Å². The van der Waals surface area contributed by atoms with E-state index < -0.39 is 0 Å². The van der Waals surface area contributed by atoms with E-state index >= 15 is 0 Å². The average Bonchev–Trinajstić information content (AvgIpc) is 3.44. The molecule has 0 spiro atoms. The van der Waals surface area contributed by atoms with Crippen LogP contribution in [0.2, 0.25) is 0 Å². The zero-order valence-corrected chi connectivity index (χ0v) is 20.8. The van der Waals surface area contributed by atoms with Crippen LogP contribution in [0.4, 0.5) is 0 Å². The Hall–Kier alpha value is -3.14. The fourth-order valence-electron chi connectivity index (χ4n) is 4.46. The molecule has 4 nitrogen and oxygen atoms in total. The van der Waals surface area contributed by atoms with Gasteiger partial charge in [-0.15, -0.1) is 0 Å². The minimum Gasteiger partial charge on any atom is -0.358 e. The maximum Gasteiger partial charge on any atom is 0.0682 e. The molecule has 4 heteroatoms. The minimum absolute atomic E-state index is 0.225. The molecule has 0 amide bonds. The maximum absolute atomic E-state index is 4.58. The number of hydrogen-bond acceptors (Lipinski definition) is 2. The van der Waals surface area contributed by atoms with Crippen molar-refractivity contribution in [3.8, 4) is 0 Å². The van der Waals surface area contributed by atoms with Gasteiger partial charge in [-0.2, -0.15) is 0 Å². The van der Waals surface area contributed by atoms with Crippen LogP contribution in [0.5, 0.6) is 0 Å². The summed E-state index contributed by atoms with van der Waals surface area (Å²) in [4.78, 5) is 16.6. The first-order chi connectivity index (χ1) is 15.1. The van der Waals surface area contributed by atoms with Crippen molar-refractivity contribution in [2.24, 2.45) is 9.98 Å². The van der Waals surface area contributed by atoms with E-state index in [4.69, 9.17) is 0 Å². The van der Waals surface area contributed by atoms with E-state index in [1.165, 1.54) is 55.9 Å². The first-order valence-corrected chi connectivity index (χ1v) is 11.4. The lowest BCUT2D eigenvalue weighted by Crippen LogP contribution is -2.01. The van der Waals surface area contributed by atoms with Crippen LogP contribution >= 0.6 is 0 Å². The quantitative estimate of drug-likeness (QED) is 0.517. The van der Waals surface area contributed by atoms with Crippen molar-refractivity contribution in [1.29, 1.82) is 0 Å². The van der Waals surface area contributed by atoms with E-state index in [0.717, 1.165) is 22.8 Å². The molecule has 0 saturated carbocycles. The van der Waals surface area contributed by atoms with E-state index in [0.29, 0.717) is 0 Å². The molecule has 0 saturated heterocycles. The van der Waals surface area contributed by atoms with Crippen LogP contribution in [0.1, 0.15) is 85.6 Å². The first-order valence-electron chi connectivity index (χ1n) is 11.4. The molecule has 0 radical (unpaired) electrons. The number of aliphatic imine (C=N–C) groups is 2. The molecule has 0 fully saturated rings. The summed E-state index contributed by atoms with van der Waals surface area (Å²) in [5.74, 6) is 0.225. The smallest absolute Gasteiger partial charge is 0.0682 e. The zero-order chi connectivity index (χ0) is 23.3. The number of nitrogens with one attached hydrogen (secondary N) is 2. The molecule has 2 N–H and O–H groups in total. The van der Waals surface area contributed by atoms with E-state index in [1.54, 1.807) is 0 Å². The van der Waals surface area contributed by atoms with Crippen molar-refractivity contribution < 1.29 is 0 Å². The summed E-state index contributed by atoms with van der Waals surface area (Å²) in [5, 5.41) is 0. The normalized spacial score (nSPS) is 19.5. The van der Waals surface area contributed by atoms with Crippen molar-refractivity contribution in [2.45, 2.75) is 68.2 Å². The topological polar surface area (TPSA) is 56.3 Å². The summed E-state index contributed by atoms with van der Waals surface area (Å²) >= 11 is 0. The van der Waals surface area contributed by atoms with Gasteiger partial charge in [0.25, 0.3) is 0 Å². The van der Waals surface area contributed by atoms with Crippen LogP contribution in [0, 0.1) is 27.7 Å². The monoisotopic (exact) mass is 426 g/mol. The van der Waals surface area contributed by atoms with E-state index in [1.807, 2.05) is 12.4 Å². The highest BCUT2D eigenvalue weighted by Gasteiger charge is 2.22. The summed E-state index contributed by atoms with van der Waals surface area (Å²) in [5.41, 5.74) is 17.0. The summed E-state index contributed by atoms with van der Waals surface area (Å²) in [6.07, 6.45) is 8.26. The maximum atomic E-state index is 4.58. The molecule has 1 atom stereocenters.